The van der Waals surface area contributed by atoms with Crippen molar-refractivity contribution >= 4 is 17.2 Å². The predicted molar refractivity (Wildman–Crippen MR) is 129 cm³/mol. The first-order valence-corrected chi connectivity index (χ1v) is 11.7. The molecule has 1 heterocycles. The molecule has 1 saturated carbocycles. The van der Waals surface area contributed by atoms with Crippen molar-refractivity contribution in [2.45, 2.75) is 57.4 Å². The lowest BCUT2D eigenvalue weighted by molar-refractivity contribution is -0.112. The molecule has 1 aromatic carbocycles. The lowest BCUT2D eigenvalue weighted by Gasteiger charge is -2.28. The Hall–Kier alpha value is -3.32. The van der Waals surface area contributed by atoms with E-state index in [0.29, 0.717) is 23.3 Å². The summed E-state index contributed by atoms with van der Waals surface area (Å²) in [4.78, 5) is 17.5. The molecule has 1 fully saturated rings. The van der Waals surface area contributed by atoms with Gasteiger partial charge in [0.05, 0.1) is 11.9 Å². The number of carbonyl (C=O) groups excluding carboxylic acids is 1. The fraction of sp³-hybridized carbons (Fsp3) is 0.333. The molecule has 4 rings (SSSR count). The van der Waals surface area contributed by atoms with E-state index in [0.717, 1.165) is 37.3 Å². The Morgan fingerprint density at radius 1 is 1.24 bits per heavy atom. The number of phenolic OH excluding ortho intramolecular Hbond substituents is 1. The number of aromatic hydroxyl groups is 1. The van der Waals surface area contributed by atoms with E-state index in [9.17, 15) is 18.7 Å². The minimum Gasteiger partial charge on any atom is -0.508 e. The molecule has 1 amide bonds. The third kappa shape index (κ3) is 5.09. The number of hydrogen-bond donors (Lipinski definition) is 3. The Balaban J connectivity index is 1.62. The van der Waals surface area contributed by atoms with Gasteiger partial charge in [0, 0.05) is 35.0 Å². The second-order valence-corrected chi connectivity index (χ2v) is 8.91. The summed E-state index contributed by atoms with van der Waals surface area (Å²) in [5, 5.41) is 12.5. The van der Waals surface area contributed by atoms with Crippen LogP contribution in [0, 0.1) is 5.82 Å². The normalized spacial score (nSPS) is 20.9. The first-order valence-electron chi connectivity index (χ1n) is 11.7. The predicted octanol–water partition coefficient (Wildman–Crippen LogP) is 5.90. The lowest BCUT2D eigenvalue weighted by atomic mass is 9.81. The molecule has 0 aliphatic heterocycles. The van der Waals surface area contributed by atoms with Gasteiger partial charge in [0.25, 0.3) is 5.91 Å². The van der Waals surface area contributed by atoms with Crippen molar-refractivity contribution in [1.29, 1.82) is 0 Å². The van der Waals surface area contributed by atoms with Gasteiger partial charge in [-0.3, -0.25) is 9.78 Å². The number of nitrogens with zero attached hydrogens (tertiary/aromatic N) is 1. The molecule has 0 radical (unpaired) electrons. The minimum absolute atomic E-state index is 0.0655. The highest BCUT2D eigenvalue weighted by Crippen LogP contribution is 2.37. The zero-order valence-corrected chi connectivity index (χ0v) is 19.2. The van der Waals surface area contributed by atoms with Crippen molar-refractivity contribution in [3.05, 3.63) is 82.7 Å². The number of halogens is 2. The first-order chi connectivity index (χ1) is 16.4. The Labute approximate surface area is 198 Å². The number of nitrogens with two attached hydrogens (primary N) is 1. The van der Waals surface area contributed by atoms with Gasteiger partial charge in [-0.15, -0.1) is 0 Å². The van der Waals surface area contributed by atoms with Gasteiger partial charge in [0.2, 0.25) is 0 Å². The standard InChI is InChI=1S/C27H29F2N3O2/c1-2-16-13-23(22-7-6-19(33)14-25(22)29)24(28)9-8-21(16)27(34)32-26-15-31-11-10-20(26)17-4-3-5-18(30)12-17/h6-11,14-15,17-18,33H,2-5,12-13,30H2,1H3,(H,32,34). The molecule has 178 valence electrons. The Morgan fingerprint density at radius 2 is 2.06 bits per heavy atom. The van der Waals surface area contributed by atoms with Crippen LogP contribution in [-0.4, -0.2) is 22.0 Å². The van der Waals surface area contributed by atoms with Gasteiger partial charge in [-0.05, 0) is 73.9 Å². The molecular weight excluding hydrogens is 436 g/mol. The maximum atomic E-state index is 15.0. The van der Waals surface area contributed by atoms with Gasteiger partial charge < -0.3 is 16.2 Å². The average molecular weight is 466 g/mol. The zero-order valence-electron chi connectivity index (χ0n) is 19.2. The molecule has 0 bridgehead atoms. The van der Waals surface area contributed by atoms with Crippen molar-refractivity contribution in [1.82, 2.24) is 4.98 Å². The Kier molecular flexibility index (Phi) is 7.22. The van der Waals surface area contributed by atoms with Crippen LogP contribution in [0.25, 0.3) is 5.57 Å². The van der Waals surface area contributed by atoms with Gasteiger partial charge in [0.15, 0.2) is 0 Å². The number of benzene rings is 1. The van der Waals surface area contributed by atoms with E-state index in [1.807, 2.05) is 13.0 Å². The van der Waals surface area contributed by atoms with Crippen molar-refractivity contribution in [2.75, 3.05) is 5.32 Å². The van der Waals surface area contributed by atoms with Gasteiger partial charge in [0.1, 0.15) is 17.4 Å². The van der Waals surface area contributed by atoms with Crippen LogP contribution in [0.15, 0.2) is 65.8 Å². The molecule has 34 heavy (non-hydrogen) atoms. The third-order valence-corrected chi connectivity index (χ3v) is 6.66. The topological polar surface area (TPSA) is 88.2 Å². The number of phenols is 1. The molecule has 2 aliphatic carbocycles. The number of aromatic nitrogens is 1. The highest BCUT2D eigenvalue weighted by Gasteiger charge is 2.25. The molecule has 0 spiro atoms. The second-order valence-electron chi connectivity index (χ2n) is 8.91. The summed E-state index contributed by atoms with van der Waals surface area (Å²) in [6, 6.07) is 5.68. The minimum atomic E-state index is -0.715. The zero-order chi connectivity index (χ0) is 24.2. The number of pyridine rings is 1. The molecular formula is C27H29F2N3O2. The number of carbonyl (C=O) groups is 1. The van der Waals surface area contributed by atoms with E-state index >= 15 is 0 Å². The number of allylic oxidation sites excluding steroid dienone is 4. The molecule has 5 nitrogen and oxygen atoms in total. The van der Waals surface area contributed by atoms with E-state index in [1.54, 1.807) is 12.4 Å². The second kappa shape index (κ2) is 10.3. The Bertz CT molecular complexity index is 1190. The van der Waals surface area contributed by atoms with Gasteiger partial charge in [-0.25, -0.2) is 8.78 Å². The van der Waals surface area contributed by atoms with E-state index in [1.165, 1.54) is 24.3 Å². The number of amides is 1. The van der Waals surface area contributed by atoms with E-state index in [2.05, 4.69) is 10.3 Å². The van der Waals surface area contributed by atoms with Crippen molar-refractivity contribution < 1.29 is 18.7 Å². The van der Waals surface area contributed by atoms with E-state index in [-0.39, 0.29) is 41.2 Å². The van der Waals surface area contributed by atoms with Gasteiger partial charge >= 0.3 is 0 Å². The molecule has 1 aromatic heterocycles. The van der Waals surface area contributed by atoms with Crippen LogP contribution in [0.2, 0.25) is 0 Å². The molecule has 2 unspecified atom stereocenters. The van der Waals surface area contributed by atoms with Crippen LogP contribution in [0.4, 0.5) is 14.5 Å². The third-order valence-electron chi connectivity index (χ3n) is 6.66. The van der Waals surface area contributed by atoms with Crippen molar-refractivity contribution in [3.8, 4) is 5.75 Å². The average Bonchev–Trinajstić information content (AvgIpc) is 2.98. The van der Waals surface area contributed by atoms with Crippen LogP contribution in [0.3, 0.4) is 0 Å². The maximum absolute atomic E-state index is 15.0. The highest BCUT2D eigenvalue weighted by molar-refractivity contribution is 6.07. The summed E-state index contributed by atoms with van der Waals surface area (Å²) < 4.78 is 29.4. The molecule has 7 heteroatoms. The fourth-order valence-corrected chi connectivity index (χ4v) is 4.86. The summed E-state index contributed by atoms with van der Waals surface area (Å²) >= 11 is 0. The molecule has 0 saturated heterocycles. The fourth-order valence-electron chi connectivity index (χ4n) is 4.86. The highest BCUT2D eigenvalue weighted by atomic mass is 19.1. The quantitative estimate of drug-likeness (QED) is 0.513. The van der Waals surface area contributed by atoms with Gasteiger partial charge in [-0.2, -0.15) is 0 Å². The molecule has 4 N–H and O–H groups in total. The summed E-state index contributed by atoms with van der Waals surface area (Å²) in [5.74, 6) is -1.68. The molecule has 2 atom stereocenters. The maximum Gasteiger partial charge on any atom is 0.255 e. The number of hydrogen-bond acceptors (Lipinski definition) is 4. The van der Waals surface area contributed by atoms with Gasteiger partial charge in [-0.1, -0.05) is 18.9 Å². The smallest absolute Gasteiger partial charge is 0.255 e. The van der Waals surface area contributed by atoms with Crippen molar-refractivity contribution in [2.24, 2.45) is 5.73 Å². The summed E-state index contributed by atoms with van der Waals surface area (Å²) in [6.07, 6.45) is 10.5. The largest absolute Gasteiger partial charge is 0.508 e. The summed E-state index contributed by atoms with van der Waals surface area (Å²) in [7, 11) is 0. The monoisotopic (exact) mass is 465 g/mol. The number of anilines is 1. The Morgan fingerprint density at radius 3 is 2.79 bits per heavy atom. The van der Waals surface area contributed by atoms with Crippen LogP contribution >= 0.6 is 0 Å². The lowest BCUT2D eigenvalue weighted by Crippen LogP contribution is -2.27. The van der Waals surface area contributed by atoms with E-state index in [4.69, 9.17) is 5.73 Å². The number of nitrogens with one attached hydrogen (secondary N) is 1. The van der Waals surface area contributed by atoms with Crippen LogP contribution < -0.4 is 11.1 Å². The SMILES string of the molecule is CCC1=C(C(=O)Nc2cnccc2C2CCCC(N)C2)C=CC(F)=C(c2ccc(O)cc2F)C1. The van der Waals surface area contributed by atoms with Crippen molar-refractivity contribution in [3.63, 3.8) is 0 Å². The number of rotatable bonds is 5. The van der Waals surface area contributed by atoms with Crippen LogP contribution in [0.1, 0.15) is 62.5 Å². The summed E-state index contributed by atoms with van der Waals surface area (Å²) in [6.45, 7) is 1.88. The van der Waals surface area contributed by atoms with Crippen LogP contribution in [-0.2, 0) is 4.79 Å². The summed E-state index contributed by atoms with van der Waals surface area (Å²) in [5.41, 5.74) is 9.06. The molecule has 2 aliphatic rings. The molecule has 2 aromatic rings. The first kappa shape index (κ1) is 23.8. The van der Waals surface area contributed by atoms with E-state index < -0.39 is 11.6 Å². The van der Waals surface area contributed by atoms with Crippen LogP contribution in [0.5, 0.6) is 5.75 Å².